The maximum absolute atomic E-state index is 13.3. The number of nitrogens with zero attached hydrogens (tertiary/aromatic N) is 2. The number of likely N-dealkylation sites (N-methyl/N-ethyl adjacent to an activating group) is 1. The van der Waals surface area contributed by atoms with Crippen LogP contribution in [0.2, 0.25) is 0 Å². The molecule has 2 unspecified atom stereocenters. The second-order valence-corrected chi connectivity index (χ2v) is 7.44. The summed E-state index contributed by atoms with van der Waals surface area (Å²) in [5.41, 5.74) is 2.38. The summed E-state index contributed by atoms with van der Waals surface area (Å²) in [6, 6.07) is 16.8. The van der Waals surface area contributed by atoms with Gasteiger partial charge in [0.2, 0.25) is 11.8 Å². The van der Waals surface area contributed by atoms with E-state index in [1.807, 2.05) is 56.3 Å². The molecule has 1 aliphatic rings. The van der Waals surface area contributed by atoms with Gasteiger partial charge in [-0.1, -0.05) is 49.4 Å². The first kappa shape index (κ1) is 19.6. The molecule has 2 aromatic rings. The lowest BCUT2D eigenvalue weighted by molar-refractivity contribution is -0.153. The summed E-state index contributed by atoms with van der Waals surface area (Å²) in [6.07, 6.45) is 1.30. The van der Waals surface area contributed by atoms with Gasteiger partial charge in [0.25, 0.3) is 0 Å². The van der Waals surface area contributed by atoms with Gasteiger partial charge in [-0.2, -0.15) is 5.26 Å². The van der Waals surface area contributed by atoms with E-state index in [1.165, 1.54) is 0 Å². The van der Waals surface area contributed by atoms with Crippen molar-refractivity contribution in [1.82, 2.24) is 10.2 Å². The number of nitriles is 1. The third-order valence-electron chi connectivity index (χ3n) is 5.74. The highest BCUT2D eigenvalue weighted by Gasteiger charge is 2.48. The lowest BCUT2D eigenvalue weighted by Gasteiger charge is -2.44. The molecule has 1 aliphatic heterocycles. The molecule has 5 heteroatoms. The maximum atomic E-state index is 13.3. The molecule has 1 heterocycles. The summed E-state index contributed by atoms with van der Waals surface area (Å²) >= 11 is 0. The Kier molecular flexibility index (Phi) is 5.51. The van der Waals surface area contributed by atoms with Crippen molar-refractivity contribution in [3.8, 4) is 6.07 Å². The molecule has 2 aromatic carbocycles. The minimum absolute atomic E-state index is 0.0875. The molecule has 3 rings (SSSR count). The number of nitrogens with one attached hydrogen (secondary N) is 1. The topological polar surface area (TPSA) is 73.2 Å². The molecule has 28 heavy (non-hydrogen) atoms. The molecule has 2 atom stereocenters. The molecule has 0 aliphatic carbocycles. The van der Waals surface area contributed by atoms with Gasteiger partial charge in [-0.3, -0.25) is 9.59 Å². The van der Waals surface area contributed by atoms with Crippen LogP contribution in [0.5, 0.6) is 0 Å². The van der Waals surface area contributed by atoms with Gasteiger partial charge < -0.3 is 10.2 Å². The average molecular weight is 375 g/mol. The minimum Gasteiger partial charge on any atom is -0.340 e. The third-order valence-corrected chi connectivity index (χ3v) is 5.74. The Hall–Kier alpha value is -3.13. The van der Waals surface area contributed by atoms with E-state index in [1.54, 1.807) is 18.0 Å². The quantitative estimate of drug-likeness (QED) is 0.873. The van der Waals surface area contributed by atoms with Gasteiger partial charge in [-0.15, -0.1) is 0 Å². The van der Waals surface area contributed by atoms with E-state index in [0.717, 1.165) is 16.7 Å². The Morgan fingerprint density at radius 1 is 1.14 bits per heavy atom. The van der Waals surface area contributed by atoms with Crippen LogP contribution in [0.3, 0.4) is 0 Å². The van der Waals surface area contributed by atoms with E-state index in [9.17, 15) is 14.9 Å². The van der Waals surface area contributed by atoms with Gasteiger partial charge in [0.15, 0.2) is 0 Å². The van der Waals surface area contributed by atoms with Crippen LogP contribution in [-0.2, 0) is 22.4 Å². The highest BCUT2D eigenvalue weighted by Crippen LogP contribution is 2.27. The van der Waals surface area contributed by atoms with Gasteiger partial charge in [-0.05, 0) is 36.1 Å². The highest BCUT2D eigenvalue weighted by molar-refractivity contribution is 6.00. The van der Waals surface area contributed by atoms with Crippen LogP contribution >= 0.6 is 0 Å². The summed E-state index contributed by atoms with van der Waals surface area (Å²) < 4.78 is 0. The summed E-state index contributed by atoms with van der Waals surface area (Å²) in [6.45, 7) is 3.84. The molecule has 1 N–H and O–H groups in total. The van der Waals surface area contributed by atoms with Gasteiger partial charge in [-0.25, -0.2) is 0 Å². The SMILES string of the molecule is CCC1(Cc2ccccc2)NC(=O)C(Cc2c(C)cccc2C#N)N(C)C1=O. The first-order valence-corrected chi connectivity index (χ1v) is 9.53. The Morgan fingerprint density at radius 3 is 2.50 bits per heavy atom. The maximum Gasteiger partial charge on any atom is 0.249 e. The van der Waals surface area contributed by atoms with E-state index in [2.05, 4.69) is 11.4 Å². The molecule has 0 aromatic heterocycles. The lowest BCUT2D eigenvalue weighted by Crippen LogP contribution is -2.70. The van der Waals surface area contributed by atoms with Crippen LogP contribution in [0, 0.1) is 18.3 Å². The molecule has 0 bridgehead atoms. The molecule has 144 valence electrons. The molecule has 2 amide bonds. The van der Waals surface area contributed by atoms with Crippen LogP contribution in [0.25, 0.3) is 0 Å². The van der Waals surface area contributed by atoms with Gasteiger partial charge in [0.05, 0.1) is 11.6 Å². The predicted octanol–water partition coefficient (Wildman–Crippen LogP) is 2.76. The molecule has 0 radical (unpaired) electrons. The monoisotopic (exact) mass is 375 g/mol. The Bertz CT molecular complexity index is 933. The third kappa shape index (κ3) is 3.50. The summed E-state index contributed by atoms with van der Waals surface area (Å²) in [4.78, 5) is 27.9. The van der Waals surface area contributed by atoms with Crippen LogP contribution in [0.4, 0.5) is 0 Å². The normalized spacial score (nSPS) is 21.9. The number of rotatable bonds is 5. The second-order valence-electron chi connectivity index (χ2n) is 7.44. The zero-order valence-corrected chi connectivity index (χ0v) is 16.5. The second kappa shape index (κ2) is 7.85. The van der Waals surface area contributed by atoms with Gasteiger partial charge >= 0.3 is 0 Å². The number of piperazine rings is 1. The van der Waals surface area contributed by atoms with Crippen molar-refractivity contribution in [2.75, 3.05) is 7.05 Å². The molecule has 0 saturated carbocycles. The van der Waals surface area contributed by atoms with Crippen molar-refractivity contribution in [3.63, 3.8) is 0 Å². The number of amides is 2. The van der Waals surface area contributed by atoms with Crippen molar-refractivity contribution < 1.29 is 9.59 Å². The largest absolute Gasteiger partial charge is 0.340 e. The number of aryl methyl sites for hydroxylation is 1. The number of carbonyl (C=O) groups is 2. The van der Waals surface area contributed by atoms with Crippen molar-refractivity contribution in [2.24, 2.45) is 0 Å². The molecule has 0 spiro atoms. The Morgan fingerprint density at radius 2 is 1.86 bits per heavy atom. The first-order valence-electron chi connectivity index (χ1n) is 9.53. The summed E-state index contributed by atoms with van der Waals surface area (Å²) in [7, 11) is 1.69. The van der Waals surface area contributed by atoms with Crippen molar-refractivity contribution in [2.45, 2.75) is 44.7 Å². The number of hydrogen-bond acceptors (Lipinski definition) is 3. The predicted molar refractivity (Wildman–Crippen MR) is 107 cm³/mol. The number of hydrogen-bond donors (Lipinski definition) is 1. The van der Waals surface area contributed by atoms with E-state index >= 15 is 0 Å². The van der Waals surface area contributed by atoms with Crippen molar-refractivity contribution >= 4 is 11.8 Å². The molecule has 5 nitrogen and oxygen atoms in total. The molecular formula is C23H25N3O2. The number of benzene rings is 2. The zero-order valence-electron chi connectivity index (χ0n) is 16.5. The highest BCUT2D eigenvalue weighted by atomic mass is 16.2. The molecular weight excluding hydrogens is 350 g/mol. The molecule has 1 saturated heterocycles. The number of carbonyl (C=O) groups excluding carboxylic acids is 2. The van der Waals surface area contributed by atoms with Gasteiger partial charge in [0, 0.05) is 19.9 Å². The van der Waals surface area contributed by atoms with Gasteiger partial charge in [0.1, 0.15) is 11.6 Å². The van der Waals surface area contributed by atoms with E-state index < -0.39 is 11.6 Å². The lowest BCUT2D eigenvalue weighted by atomic mass is 9.82. The summed E-state index contributed by atoms with van der Waals surface area (Å²) in [5.74, 6) is -0.262. The fraction of sp³-hybridized carbons (Fsp3) is 0.348. The average Bonchev–Trinajstić information content (AvgIpc) is 2.70. The van der Waals surface area contributed by atoms with Crippen LogP contribution in [0.15, 0.2) is 48.5 Å². The fourth-order valence-electron chi connectivity index (χ4n) is 3.96. The van der Waals surface area contributed by atoms with Crippen LogP contribution < -0.4 is 5.32 Å². The summed E-state index contributed by atoms with van der Waals surface area (Å²) in [5, 5.41) is 12.4. The smallest absolute Gasteiger partial charge is 0.249 e. The van der Waals surface area contributed by atoms with Crippen LogP contribution in [0.1, 0.15) is 35.6 Å². The van der Waals surface area contributed by atoms with E-state index in [4.69, 9.17) is 0 Å². The Balaban J connectivity index is 1.89. The fourth-order valence-corrected chi connectivity index (χ4v) is 3.96. The van der Waals surface area contributed by atoms with Crippen LogP contribution in [-0.4, -0.2) is 35.3 Å². The zero-order chi connectivity index (χ0) is 20.3. The van der Waals surface area contributed by atoms with E-state index in [-0.39, 0.29) is 11.8 Å². The minimum atomic E-state index is -0.937. The van der Waals surface area contributed by atoms with Crippen molar-refractivity contribution in [3.05, 3.63) is 70.8 Å². The molecule has 1 fully saturated rings. The first-order chi connectivity index (χ1) is 13.4. The van der Waals surface area contributed by atoms with E-state index in [0.29, 0.717) is 24.8 Å². The standard InChI is InChI=1S/C23H25N3O2/c1-4-23(14-17-10-6-5-7-11-17)22(28)26(3)20(21(27)25-23)13-19-16(2)9-8-12-18(19)15-24/h5-12,20H,4,13-14H2,1-3H3,(H,25,27). The Labute approximate surface area is 166 Å². The van der Waals surface area contributed by atoms with Crippen molar-refractivity contribution in [1.29, 1.82) is 5.26 Å².